The maximum atomic E-state index is 12.2. The van der Waals surface area contributed by atoms with Gasteiger partial charge in [0.05, 0.1) is 6.07 Å². The second-order valence-electron chi connectivity index (χ2n) is 3.82. The van der Waals surface area contributed by atoms with Gasteiger partial charge in [0, 0.05) is 11.0 Å². The van der Waals surface area contributed by atoms with Gasteiger partial charge in [0.25, 0.3) is 0 Å². The Morgan fingerprint density at radius 3 is 2.33 bits per heavy atom. The molecule has 0 radical (unpaired) electrons. The molecule has 0 aromatic rings. The minimum absolute atomic E-state index is 0.106. The summed E-state index contributed by atoms with van der Waals surface area (Å²) in [6.07, 6.45) is 1.05. The predicted octanol–water partition coefficient (Wildman–Crippen LogP) is 3.75. The van der Waals surface area contributed by atoms with Gasteiger partial charge in [-0.05, 0) is 12.8 Å². The van der Waals surface area contributed by atoms with Crippen molar-refractivity contribution in [2.75, 3.05) is 5.75 Å². The first kappa shape index (κ1) is 12.7. The lowest BCUT2D eigenvalue weighted by Crippen LogP contribution is -2.24. The monoisotopic (exact) mass is 237 g/mol. The van der Waals surface area contributed by atoms with Gasteiger partial charge in [-0.25, -0.2) is 0 Å². The Kier molecular flexibility index (Phi) is 4.78. The zero-order valence-electron chi connectivity index (χ0n) is 8.39. The maximum Gasteiger partial charge on any atom is 0.405 e. The molecular formula is C10H14F3NS. The smallest absolute Gasteiger partial charge is 0.198 e. The van der Waals surface area contributed by atoms with Gasteiger partial charge in [-0.2, -0.15) is 30.2 Å². The van der Waals surface area contributed by atoms with Crippen LogP contribution in [0.15, 0.2) is 0 Å². The van der Waals surface area contributed by atoms with Crippen LogP contribution in [0.5, 0.6) is 0 Å². The molecule has 1 atom stereocenters. The molecule has 1 saturated carbocycles. The fraction of sp³-hybridized carbons (Fsp3) is 0.900. The van der Waals surface area contributed by atoms with Gasteiger partial charge in [-0.1, -0.05) is 19.3 Å². The largest absolute Gasteiger partial charge is 0.405 e. The van der Waals surface area contributed by atoms with Crippen LogP contribution >= 0.6 is 11.8 Å². The molecule has 0 aromatic carbocycles. The van der Waals surface area contributed by atoms with Gasteiger partial charge in [-0.3, -0.25) is 0 Å². The number of halogens is 3. The molecule has 86 valence electrons. The summed E-state index contributed by atoms with van der Waals surface area (Å²) in [4.78, 5) is 0. The number of rotatable bonds is 3. The van der Waals surface area contributed by atoms with E-state index in [9.17, 15) is 13.2 Å². The number of alkyl halides is 3. The Labute approximate surface area is 92.0 Å². The van der Waals surface area contributed by atoms with Crippen LogP contribution in [0.2, 0.25) is 0 Å². The molecule has 15 heavy (non-hydrogen) atoms. The molecule has 0 N–H and O–H groups in total. The first-order chi connectivity index (χ1) is 7.04. The lowest BCUT2D eigenvalue weighted by atomic mass is 10.0. The molecule has 5 heteroatoms. The van der Waals surface area contributed by atoms with Gasteiger partial charge in [-0.15, -0.1) is 0 Å². The second-order valence-corrected chi connectivity index (χ2v) is 5.15. The number of nitriles is 1. The van der Waals surface area contributed by atoms with Crippen LogP contribution in [0.1, 0.15) is 32.1 Å². The van der Waals surface area contributed by atoms with Gasteiger partial charge in [0.2, 0.25) is 0 Å². The molecule has 0 aliphatic heterocycles. The number of thioether (sulfide) groups is 1. The molecule has 0 saturated heterocycles. The third-order valence-electron chi connectivity index (χ3n) is 2.60. The Balaban J connectivity index is 2.31. The van der Waals surface area contributed by atoms with Crippen molar-refractivity contribution in [3.8, 4) is 6.07 Å². The van der Waals surface area contributed by atoms with Crippen molar-refractivity contribution in [3.05, 3.63) is 0 Å². The standard InChI is InChI=1S/C10H14F3NS/c11-10(12,13)8(6-14)7-15-9-4-2-1-3-5-9/h8-9H,1-5,7H2. The second kappa shape index (κ2) is 5.64. The molecule has 0 amide bonds. The molecule has 1 rings (SSSR count). The summed E-state index contributed by atoms with van der Waals surface area (Å²) in [6.45, 7) is 0. The molecule has 1 aliphatic rings. The number of hydrogen-bond donors (Lipinski definition) is 0. The maximum absolute atomic E-state index is 12.2. The fourth-order valence-corrected chi connectivity index (χ4v) is 3.06. The zero-order chi connectivity index (χ0) is 11.3. The molecule has 0 spiro atoms. The van der Waals surface area contributed by atoms with Crippen molar-refractivity contribution in [2.45, 2.75) is 43.5 Å². The quantitative estimate of drug-likeness (QED) is 0.746. The van der Waals surface area contributed by atoms with Gasteiger partial charge < -0.3 is 0 Å². The lowest BCUT2D eigenvalue weighted by Gasteiger charge is -2.22. The minimum Gasteiger partial charge on any atom is -0.198 e. The topological polar surface area (TPSA) is 23.8 Å². The van der Waals surface area contributed by atoms with E-state index in [1.807, 2.05) is 0 Å². The van der Waals surface area contributed by atoms with Crippen LogP contribution in [-0.2, 0) is 0 Å². The van der Waals surface area contributed by atoms with Crippen molar-refractivity contribution in [3.63, 3.8) is 0 Å². The Bertz CT molecular complexity index is 228. The Morgan fingerprint density at radius 1 is 1.27 bits per heavy atom. The van der Waals surface area contributed by atoms with E-state index in [1.165, 1.54) is 24.3 Å². The third kappa shape index (κ3) is 4.33. The highest BCUT2D eigenvalue weighted by Crippen LogP contribution is 2.34. The average molecular weight is 237 g/mol. The van der Waals surface area contributed by atoms with Crippen LogP contribution < -0.4 is 0 Å². The van der Waals surface area contributed by atoms with Crippen molar-refractivity contribution in [1.29, 1.82) is 5.26 Å². The van der Waals surface area contributed by atoms with Crippen LogP contribution in [0, 0.1) is 17.2 Å². The molecular weight excluding hydrogens is 223 g/mol. The van der Waals surface area contributed by atoms with E-state index in [2.05, 4.69) is 0 Å². The molecule has 0 aromatic heterocycles. The van der Waals surface area contributed by atoms with E-state index in [0.29, 0.717) is 5.25 Å². The van der Waals surface area contributed by atoms with Crippen LogP contribution in [-0.4, -0.2) is 17.2 Å². The van der Waals surface area contributed by atoms with Crippen LogP contribution in [0.3, 0.4) is 0 Å². The average Bonchev–Trinajstić information content (AvgIpc) is 2.18. The molecule has 0 bridgehead atoms. The molecule has 1 unspecified atom stereocenters. The predicted molar refractivity (Wildman–Crippen MR) is 54.5 cm³/mol. The summed E-state index contributed by atoms with van der Waals surface area (Å²) >= 11 is 1.31. The fourth-order valence-electron chi connectivity index (χ4n) is 1.67. The SMILES string of the molecule is N#CC(CSC1CCCCC1)C(F)(F)F. The molecule has 1 fully saturated rings. The summed E-state index contributed by atoms with van der Waals surface area (Å²) in [6, 6.07) is 1.34. The Morgan fingerprint density at radius 2 is 1.87 bits per heavy atom. The van der Waals surface area contributed by atoms with Crippen molar-refractivity contribution >= 4 is 11.8 Å². The highest BCUT2D eigenvalue weighted by molar-refractivity contribution is 7.99. The summed E-state index contributed by atoms with van der Waals surface area (Å²) < 4.78 is 36.7. The van der Waals surface area contributed by atoms with Crippen molar-refractivity contribution < 1.29 is 13.2 Å². The molecule has 0 heterocycles. The minimum atomic E-state index is -4.36. The van der Waals surface area contributed by atoms with E-state index in [1.54, 1.807) is 0 Å². The van der Waals surface area contributed by atoms with Gasteiger partial charge >= 0.3 is 6.18 Å². The molecule has 1 nitrogen and oxygen atoms in total. The molecule has 1 aliphatic carbocycles. The first-order valence-electron chi connectivity index (χ1n) is 5.12. The van der Waals surface area contributed by atoms with E-state index in [4.69, 9.17) is 5.26 Å². The van der Waals surface area contributed by atoms with Crippen molar-refractivity contribution in [2.24, 2.45) is 5.92 Å². The number of nitrogens with zero attached hydrogens (tertiary/aromatic N) is 1. The normalized spacial score (nSPS) is 20.9. The van der Waals surface area contributed by atoms with Crippen molar-refractivity contribution in [1.82, 2.24) is 0 Å². The summed E-state index contributed by atoms with van der Waals surface area (Å²) in [7, 11) is 0. The van der Waals surface area contributed by atoms with Gasteiger partial charge in [0.15, 0.2) is 5.92 Å². The highest BCUT2D eigenvalue weighted by atomic mass is 32.2. The van der Waals surface area contributed by atoms with Crippen LogP contribution in [0.4, 0.5) is 13.2 Å². The van der Waals surface area contributed by atoms with E-state index >= 15 is 0 Å². The number of hydrogen-bond acceptors (Lipinski definition) is 2. The summed E-state index contributed by atoms with van der Waals surface area (Å²) in [5.41, 5.74) is 0. The third-order valence-corrected chi connectivity index (χ3v) is 4.07. The summed E-state index contributed by atoms with van der Waals surface area (Å²) in [5, 5.41) is 8.74. The lowest BCUT2D eigenvalue weighted by molar-refractivity contribution is -0.152. The highest BCUT2D eigenvalue weighted by Gasteiger charge is 2.40. The van der Waals surface area contributed by atoms with E-state index in [-0.39, 0.29) is 5.75 Å². The first-order valence-corrected chi connectivity index (χ1v) is 6.17. The van der Waals surface area contributed by atoms with E-state index in [0.717, 1.165) is 25.7 Å². The zero-order valence-corrected chi connectivity index (χ0v) is 9.20. The van der Waals surface area contributed by atoms with Gasteiger partial charge in [0.1, 0.15) is 0 Å². The summed E-state index contributed by atoms with van der Waals surface area (Å²) in [5.74, 6) is -1.91. The van der Waals surface area contributed by atoms with E-state index < -0.39 is 12.1 Å². The van der Waals surface area contributed by atoms with Crippen LogP contribution in [0.25, 0.3) is 0 Å². The Hall–Kier alpha value is -0.370.